The minimum absolute atomic E-state index is 0.0224. The van der Waals surface area contributed by atoms with Crippen LogP contribution in [0.1, 0.15) is 77.6 Å². The number of fused-ring (bicyclic) bond motifs is 18. The lowest BCUT2D eigenvalue weighted by Gasteiger charge is -2.42. The molecule has 0 saturated heterocycles. The van der Waals surface area contributed by atoms with Crippen LogP contribution in [-0.4, -0.2) is 11.4 Å². The Balaban J connectivity index is 1.16. The number of nitrogens with zero attached hydrogens (tertiary/aromatic N) is 2. The number of benzene rings is 8. The molecule has 0 bridgehead atoms. The number of aromatic nitrogens is 1. The van der Waals surface area contributed by atoms with E-state index in [0.717, 1.165) is 44.2 Å². The minimum Gasteiger partial charge on any atom is -0.456 e. The van der Waals surface area contributed by atoms with E-state index in [4.69, 9.17) is 8.83 Å². The van der Waals surface area contributed by atoms with Crippen molar-refractivity contribution in [2.75, 3.05) is 4.81 Å². The fourth-order valence-corrected chi connectivity index (χ4v) is 12.0. The third-order valence-corrected chi connectivity index (χ3v) is 15.3. The largest absolute Gasteiger partial charge is 0.456 e. The highest BCUT2D eigenvalue weighted by Gasteiger charge is 2.46. The number of hydrogen-bond donors (Lipinski definition) is 0. The van der Waals surface area contributed by atoms with Crippen LogP contribution >= 0.6 is 0 Å². The SMILES string of the molecule is CC(C)(C)c1ccc(N2B3c4cc5c(cc4-n4c6ccc7oc8ccccc8c7c6c6ccc(c3c64)-c3cc4c(cc32)C(C)(C)c2ccc(C(C)(C)C)cc2-4)oc2ccccc25)cc1. The first kappa shape index (κ1) is 36.5. The topological polar surface area (TPSA) is 34.5 Å². The second-order valence-corrected chi connectivity index (χ2v) is 21.3. The Kier molecular flexibility index (Phi) is 6.72. The molecule has 0 spiro atoms. The van der Waals surface area contributed by atoms with Crippen LogP contribution < -0.4 is 15.7 Å². The van der Waals surface area contributed by atoms with E-state index >= 15 is 0 Å². The molecule has 0 fully saturated rings. The monoisotopic (exact) mass is 826 g/mol. The van der Waals surface area contributed by atoms with Crippen LogP contribution in [0.4, 0.5) is 11.4 Å². The first-order valence-electron chi connectivity index (χ1n) is 22.9. The molecule has 4 nitrogen and oxygen atoms in total. The first-order valence-corrected chi connectivity index (χ1v) is 22.9. The summed E-state index contributed by atoms with van der Waals surface area (Å²) >= 11 is 0. The van der Waals surface area contributed by atoms with E-state index in [1.54, 1.807) is 0 Å². The Morgan fingerprint density at radius 1 is 0.484 bits per heavy atom. The second-order valence-electron chi connectivity index (χ2n) is 21.3. The molecule has 5 heterocycles. The zero-order chi connectivity index (χ0) is 43.3. The zero-order valence-corrected chi connectivity index (χ0v) is 37.6. The number of para-hydroxylation sites is 2. The number of hydrogen-bond acceptors (Lipinski definition) is 3. The van der Waals surface area contributed by atoms with Crippen molar-refractivity contribution in [2.45, 2.75) is 71.6 Å². The predicted molar refractivity (Wildman–Crippen MR) is 269 cm³/mol. The molecule has 3 aromatic heterocycles. The van der Waals surface area contributed by atoms with Gasteiger partial charge in [0.1, 0.15) is 22.3 Å². The molecule has 8 aromatic carbocycles. The van der Waals surface area contributed by atoms with Gasteiger partial charge in [-0.3, -0.25) is 0 Å². The van der Waals surface area contributed by atoms with Gasteiger partial charge in [0.15, 0.2) is 0 Å². The van der Waals surface area contributed by atoms with E-state index in [1.165, 1.54) is 94.0 Å². The van der Waals surface area contributed by atoms with Gasteiger partial charge < -0.3 is 18.2 Å². The van der Waals surface area contributed by atoms with E-state index in [2.05, 4.69) is 204 Å². The molecule has 3 aliphatic rings. The van der Waals surface area contributed by atoms with Crippen LogP contribution in [0.5, 0.6) is 0 Å². The van der Waals surface area contributed by atoms with Crippen LogP contribution in [0.2, 0.25) is 0 Å². The molecule has 0 atom stereocenters. The van der Waals surface area contributed by atoms with Gasteiger partial charge in [-0.2, -0.15) is 0 Å². The fourth-order valence-electron chi connectivity index (χ4n) is 12.0. The van der Waals surface area contributed by atoms with Crippen molar-refractivity contribution in [3.8, 4) is 27.9 Å². The molecule has 0 N–H and O–H groups in total. The molecule has 0 amide bonds. The highest BCUT2D eigenvalue weighted by Crippen LogP contribution is 2.55. The third kappa shape index (κ3) is 4.54. The molecule has 14 rings (SSSR count). The van der Waals surface area contributed by atoms with E-state index in [1.807, 2.05) is 0 Å². The second kappa shape index (κ2) is 11.8. The molecule has 2 aliphatic heterocycles. The summed E-state index contributed by atoms with van der Waals surface area (Å²) in [5, 5.41) is 7.04. The quantitative estimate of drug-likeness (QED) is 0.155. The Labute approximate surface area is 372 Å². The maximum atomic E-state index is 6.72. The van der Waals surface area contributed by atoms with Gasteiger partial charge in [0.2, 0.25) is 0 Å². The lowest BCUT2D eigenvalue weighted by molar-refractivity contribution is 0.589. The average Bonchev–Trinajstić information content (AvgIpc) is 4.00. The van der Waals surface area contributed by atoms with Crippen molar-refractivity contribution in [3.05, 3.63) is 162 Å². The smallest absolute Gasteiger partial charge is 0.333 e. The van der Waals surface area contributed by atoms with Gasteiger partial charge in [0, 0.05) is 66.4 Å². The van der Waals surface area contributed by atoms with Crippen LogP contribution in [0.25, 0.3) is 93.6 Å². The Hall–Kier alpha value is -6.98. The van der Waals surface area contributed by atoms with Crippen molar-refractivity contribution in [1.82, 2.24) is 4.57 Å². The lowest BCUT2D eigenvalue weighted by atomic mass is 9.44. The van der Waals surface area contributed by atoms with Crippen molar-refractivity contribution in [2.24, 2.45) is 0 Å². The van der Waals surface area contributed by atoms with Gasteiger partial charge in [-0.1, -0.05) is 140 Å². The van der Waals surface area contributed by atoms with Crippen LogP contribution in [0, 0.1) is 0 Å². The fraction of sp³-hybridized carbons (Fsp3) is 0.186. The van der Waals surface area contributed by atoms with E-state index in [9.17, 15) is 0 Å². The summed E-state index contributed by atoms with van der Waals surface area (Å²) < 4.78 is 15.8. The Bertz CT molecular complexity index is 3900. The highest BCUT2D eigenvalue weighted by molar-refractivity contribution is 6.94. The van der Waals surface area contributed by atoms with Crippen LogP contribution in [0.3, 0.4) is 0 Å². The normalized spacial score (nSPS) is 14.9. The van der Waals surface area contributed by atoms with Gasteiger partial charge in [0.05, 0.1) is 11.0 Å². The third-order valence-electron chi connectivity index (χ3n) is 15.3. The predicted octanol–water partition coefficient (Wildman–Crippen LogP) is 14.7. The first-order chi connectivity index (χ1) is 30.8. The van der Waals surface area contributed by atoms with Gasteiger partial charge in [-0.25, -0.2) is 0 Å². The molecule has 1 aliphatic carbocycles. The molecule has 0 saturated carbocycles. The summed E-state index contributed by atoms with van der Waals surface area (Å²) in [7, 11) is 0. The summed E-state index contributed by atoms with van der Waals surface area (Å²) in [6, 6.07) is 52.8. The van der Waals surface area contributed by atoms with Gasteiger partial charge in [-0.05, 0) is 109 Å². The van der Waals surface area contributed by atoms with Gasteiger partial charge in [0.25, 0.3) is 0 Å². The van der Waals surface area contributed by atoms with Crippen molar-refractivity contribution >= 4 is 94.8 Å². The van der Waals surface area contributed by atoms with Crippen LogP contribution in [0.15, 0.2) is 148 Å². The van der Waals surface area contributed by atoms with Crippen molar-refractivity contribution in [3.63, 3.8) is 0 Å². The van der Waals surface area contributed by atoms with Crippen molar-refractivity contribution in [1.29, 1.82) is 0 Å². The van der Waals surface area contributed by atoms with E-state index in [-0.39, 0.29) is 23.1 Å². The molecule has 308 valence electrons. The number of anilines is 2. The standard InChI is InChI=1S/C59H47BN2O2/c1-57(2,3)32-17-20-34(21-18-32)62-47-30-44-40(39-27-33(58(4,5)6)19-24-43(39)59(44,7)8)28-41(47)36-22-23-38-53-46(25-26-51-54(53)37-14-10-12-16-50(37)63-51)61-48-31-52-42(35-13-9-11-15-49(35)64-52)29-45(48)60(62)55(36)56(38)61/h9-31H,1-8H3. The summed E-state index contributed by atoms with van der Waals surface area (Å²) in [5.41, 5.74) is 22.8. The molecular weight excluding hydrogens is 779 g/mol. The van der Waals surface area contributed by atoms with E-state index in [0.29, 0.717) is 0 Å². The zero-order valence-electron chi connectivity index (χ0n) is 37.6. The van der Waals surface area contributed by atoms with Crippen molar-refractivity contribution < 1.29 is 8.83 Å². The molecule has 0 unspecified atom stereocenters. The molecule has 0 radical (unpaired) electrons. The summed E-state index contributed by atoms with van der Waals surface area (Å²) in [5.74, 6) is 0. The number of rotatable bonds is 1. The average molecular weight is 827 g/mol. The Morgan fingerprint density at radius 2 is 1.17 bits per heavy atom. The summed E-state index contributed by atoms with van der Waals surface area (Å²) in [6.07, 6.45) is 0. The van der Waals surface area contributed by atoms with Gasteiger partial charge >= 0.3 is 6.85 Å². The summed E-state index contributed by atoms with van der Waals surface area (Å²) in [6.45, 7) is 18.6. The molecular formula is C59H47BN2O2. The van der Waals surface area contributed by atoms with Gasteiger partial charge in [-0.15, -0.1) is 0 Å². The maximum Gasteiger partial charge on any atom is 0.333 e. The molecule has 5 heteroatoms. The lowest BCUT2D eigenvalue weighted by Crippen LogP contribution is -2.60. The van der Waals surface area contributed by atoms with E-state index < -0.39 is 0 Å². The minimum atomic E-state index is -0.181. The number of furan rings is 2. The molecule has 64 heavy (non-hydrogen) atoms. The highest BCUT2D eigenvalue weighted by atomic mass is 16.3. The summed E-state index contributed by atoms with van der Waals surface area (Å²) in [4.78, 5) is 2.68. The Morgan fingerprint density at radius 3 is 1.94 bits per heavy atom. The van der Waals surface area contributed by atoms with Crippen LogP contribution in [-0.2, 0) is 16.2 Å². The molecule has 11 aromatic rings. The maximum absolute atomic E-state index is 6.72.